The van der Waals surface area contributed by atoms with E-state index < -0.39 is 250 Å². The van der Waals surface area contributed by atoms with Gasteiger partial charge in [0.15, 0.2) is 0 Å². The second-order valence-electron chi connectivity index (χ2n) is 10.0. The zero-order valence-corrected chi connectivity index (χ0v) is 22.4. The molecule has 45 heavy (non-hydrogen) atoms. The standard InChI is InChI=1S/C44H26O/c1-3-15-29-27(12-1)14-11-23-32(29)41-34-19-7-9-21-36(34)42(37-22-10-8-20-35(37)41)38-26-40-44(33-18-6-5-17-31(33)38)43-30-16-4-2-13-28(30)24-25-39(43)45-40/h1-26H/i1D,2D,3D,4D,5D,6D,7D,8D,9D,10D,11D,12D,13D,14D,15D,16D,17D,18D,19D,20D,21D,22D,23D,24D,25D,26D. The summed E-state index contributed by atoms with van der Waals surface area (Å²) in [6, 6.07) is -23.2. The van der Waals surface area contributed by atoms with Gasteiger partial charge in [-0.15, -0.1) is 0 Å². The largest absolute Gasteiger partial charge is 0.456 e. The van der Waals surface area contributed by atoms with Crippen LogP contribution in [0, 0.1) is 0 Å². The minimum absolute atomic E-state index is 0.365. The van der Waals surface area contributed by atoms with Crippen LogP contribution < -0.4 is 0 Å². The molecule has 0 amide bonds. The molecule has 10 aromatic rings. The van der Waals surface area contributed by atoms with Gasteiger partial charge < -0.3 is 4.42 Å². The molecule has 1 nitrogen and oxygen atoms in total. The van der Waals surface area contributed by atoms with Crippen molar-refractivity contribution in [1.29, 1.82) is 0 Å². The summed E-state index contributed by atoms with van der Waals surface area (Å²) >= 11 is 0. The lowest BCUT2D eigenvalue weighted by Gasteiger charge is -2.20. The van der Waals surface area contributed by atoms with Gasteiger partial charge in [-0.1, -0.05) is 145 Å². The highest BCUT2D eigenvalue weighted by Gasteiger charge is 2.22. The Labute approximate surface area is 296 Å². The third-order valence-corrected chi connectivity index (χ3v) is 7.76. The Balaban J connectivity index is 1.62. The third-order valence-electron chi connectivity index (χ3n) is 7.76. The minimum Gasteiger partial charge on any atom is -0.456 e. The topological polar surface area (TPSA) is 13.1 Å². The second-order valence-corrected chi connectivity index (χ2v) is 10.0. The van der Waals surface area contributed by atoms with Gasteiger partial charge in [-0.2, -0.15) is 0 Å². The van der Waals surface area contributed by atoms with Crippen molar-refractivity contribution in [3.8, 4) is 22.3 Å². The minimum atomic E-state index is -0.986. The molecule has 0 aliphatic carbocycles. The van der Waals surface area contributed by atoms with E-state index in [-0.39, 0.29) is 5.39 Å². The van der Waals surface area contributed by atoms with Crippen molar-refractivity contribution in [1.82, 2.24) is 0 Å². The molecule has 208 valence electrons. The van der Waals surface area contributed by atoms with Gasteiger partial charge in [0.1, 0.15) is 11.2 Å². The summed E-state index contributed by atoms with van der Waals surface area (Å²) in [5.74, 6) is 0. The van der Waals surface area contributed by atoms with E-state index in [2.05, 4.69) is 0 Å². The Kier molecular flexibility index (Phi) is 2.13. The molecule has 0 unspecified atom stereocenters. The first-order valence-electron chi connectivity index (χ1n) is 26.4. The smallest absolute Gasteiger partial charge is 0.136 e. The van der Waals surface area contributed by atoms with E-state index in [1.165, 1.54) is 0 Å². The first-order chi connectivity index (χ1) is 33.2. The number of rotatable bonds is 2. The summed E-state index contributed by atoms with van der Waals surface area (Å²) in [4.78, 5) is 0. The monoisotopic (exact) mass is 596 g/mol. The highest BCUT2D eigenvalue weighted by Crippen LogP contribution is 2.49. The quantitative estimate of drug-likeness (QED) is 0.181. The van der Waals surface area contributed by atoms with E-state index in [0.29, 0.717) is 0 Å². The number of fused-ring (bicyclic) bond motifs is 10. The summed E-state index contributed by atoms with van der Waals surface area (Å²) < 4.78 is 241. The van der Waals surface area contributed by atoms with Crippen LogP contribution in [0.2, 0.25) is 0 Å². The van der Waals surface area contributed by atoms with Crippen LogP contribution in [0.3, 0.4) is 0 Å². The van der Waals surface area contributed by atoms with Gasteiger partial charge in [-0.3, -0.25) is 0 Å². The summed E-state index contributed by atoms with van der Waals surface area (Å²) in [6.45, 7) is 0. The molecule has 1 heteroatoms. The Morgan fingerprint density at radius 3 is 1.47 bits per heavy atom. The van der Waals surface area contributed by atoms with Crippen LogP contribution in [-0.2, 0) is 0 Å². The third kappa shape index (κ3) is 3.44. The predicted octanol–water partition coefficient (Wildman–Crippen LogP) is 12.7. The fourth-order valence-corrected chi connectivity index (χ4v) is 5.97. The lowest BCUT2D eigenvalue weighted by Crippen LogP contribution is -1.92. The fourth-order valence-electron chi connectivity index (χ4n) is 5.97. The molecular weight excluding hydrogens is 544 g/mol. The maximum atomic E-state index is 10.0. The normalized spacial score (nSPS) is 20.1. The maximum Gasteiger partial charge on any atom is 0.136 e. The Morgan fingerprint density at radius 2 is 0.800 bits per heavy atom. The number of hydrogen-bond acceptors (Lipinski definition) is 1. The molecular formula is C44H26O. The molecule has 0 bridgehead atoms. The van der Waals surface area contributed by atoms with E-state index >= 15 is 0 Å². The van der Waals surface area contributed by atoms with Crippen LogP contribution >= 0.6 is 0 Å². The van der Waals surface area contributed by atoms with E-state index in [1.54, 1.807) is 0 Å². The van der Waals surface area contributed by atoms with Crippen molar-refractivity contribution in [2.75, 3.05) is 0 Å². The van der Waals surface area contributed by atoms with Gasteiger partial charge in [0.2, 0.25) is 0 Å². The average molecular weight is 597 g/mol. The van der Waals surface area contributed by atoms with Crippen molar-refractivity contribution in [3.63, 3.8) is 0 Å². The van der Waals surface area contributed by atoms with Crippen LogP contribution in [0.1, 0.15) is 35.6 Å². The van der Waals surface area contributed by atoms with Gasteiger partial charge in [-0.25, -0.2) is 0 Å². The molecule has 1 heterocycles. The molecule has 0 N–H and O–H groups in total. The summed E-state index contributed by atoms with van der Waals surface area (Å²) in [7, 11) is 0. The molecule has 0 fully saturated rings. The summed E-state index contributed by atoms with van der Waals surface area (Å²) in [6.07, 6.45) is 0. The van der Waals surface area contributed by atoms with Crippen molar-refractivity contribution in [3.05, 3.63) is 157 Å². The first-order valence-corrected chi connectivity index (χ1v) is 13.4. The van der Waals surface area contributed by atoms with Crippen LogP contribution in [0.15, 0.2) is 162 Å². The molecule has 0 aliphatic rings. The maximum absolute atomic E-state index is 10.0. The van der Waals surface area contributed by atoms with Crippen LogP contribution in [0.25, 0.3) is 98.1 Å². The molecule has 0 radical (unpaired) electrons. The number of hydrogen-bond donors (Lipinski definition) is 0. The van der Waals surface area contributed by atoms with E-state index in [9.17, 15) is 11.0 Å². The van der Waals surface area contributed by atoms with E-state index in [0.717, 1.165) is 0 Å². The van der Waals surface area contributed by atoms with Gasteiger partial charge in [-0.05, 0) is 88.2 Å². The molecule has 9 aromatic carbocycles. The molecule has 0 aliphatic heterocycles. The molecule has 0 spiro atoms. The summed E-state index contributed by atoms with van der Waals surface area (Å²) in [5, 5.41) is -6.97. The van der Waals surface area contributed by atoms with Crippen molar-refractivity contribution < 1.29 is 40.1 Å². The zero-order valence-electron chi connectivity index (χ0n) is 48.4. The van der Waals surface area contributed by atoms with Gasteiger partial charge in [0.25, 0.3) is 0 Å². The van der Waals surface area contributed by atoms with Crippen molar-refractivity contribution in [2.45, 2.75) is 0 Å². The Hall–Kier alpha value is -5.92. The highest BCUT2D eigenvalue weighted by molar-refractivity contribution is 6.31. The fraction of sp³-hybridized carbons (Fsp3) is 0. The average Bonchev–Trinajstić information content (AvgIpc) is 3.75. The molecule has 0 saturated heterocycles. The van der Waals surface area contributed by atoms with Crippen LogP contribution in [-0.4, -0.2) is 0 Å². The van der Waals surface area contributed by atoms with Gasteiger partial charge in [0.05, 0.1) is 35.6 Å². The summed E-state index contributed by atoms with van der Waals surface area (Å²) in [5.41, 5.74) is -4.02. The molecule has 10 rings (SSSR count). The van der Waals surface area contributed by atoms with E-state index in [4.69, 9.17) is 29.1 Å². The SMILES string of the molecule is [2H]c1c([2H])c([2H])c2c(-c3c4c([2H])c([2H])c([2H])c([2H])c4c(-c4c([2H])c5oc6c([2H])c([2H])c7c([2H])c([2H])c([2H])c([2H])c7c6c5c5c([2H])c([2H])c([2H])c([2H])c45)c4c([2H])c([2H])c([2H])c([2H])c34)c([2H])c([2H])c([2H])c2c1[2H]. The van der Waals surface area contributed by atoms with Crippen LogP contribution in [0.5, 0.6) is 0 Å². The molecule has 0 saturated carbocycles. The van der Waals surface area contributed by atoms with Crippen LogP contribution in [0.4, 0.5) is 0 Å². The zero-order chi connectivity index (χ0) is 52.1. The molecule has 0 atom stereocenters. The Morgan fingerprint density at radius 1 is 0.333 bits per heavy atom. The molecule has 1 aromatic heterocycles. The second kappa shape index (κ2) is 9.29. The van der Waals surface area contributed by atoms with Gasteiger partial charge in [0, 0.05) is 10.8 Å². The highest BCUT2D eigenvalue weighted by atomic mass is 16.3. The van der Waals surface area contributed by atoms with Gasteiger partial charge >= 0.3 is 0 Å². The number of benzene rings is 9. The van der Waals surface area contributed by atoms with Crippen molar-refractivity contribution >= 4 is 75.8 Å². The predicted molar refractivity (Wildman–Crippen MR) is 192 cm³/mol. The lowest BCUT2D eigenvalue weighted by molar-refractivity contribution is 0.669. The van der Waals surface area contributed by atoms with Crippen molar-refractivity contribution in [2.24, 2.45) is 0 Å². The van der Waals surface area contributed by atoms with E-state index in [1.807, 2.05) is 0 Å². The number of furan rings is 1. The lowest BCUT2D eigenvalue weighted by atomic mass is 9.83. The Bertz CT molecular complexity index is 4200. The first kappa shape index (κ1) is 10.3.